The number of benzene rings is 2. The highest BCUT2D eigenvalue weighted by molar-refractivity contribution is 8.00. The lowest BCUT2D eigenvalue weighted by Crippen LogP contribution is -2.30. The molecule has 2 aromatic carbocycles. The van der Waals surface area contributed by atoms with E-state index in [2.05, 4.69) is 5.32 Å². The first-order chi connectivity index (χ1) is 10.6. The average molecular weight is 336 g/mol. The summed E-state index contributed by atoms with van der Waals surface area (Å²) in [5.74, 6) is 0.770. The molecule has 2 rings (SSSR count). The largest absolute Gasteiger partial charge is 0.496 e. The van der Waals surface area contributed by atoms with Crippen molar-refractivity contribution in [1.29, 1.82) is 0 Å². The Balaban J connectivity index is 1.90. The van der Waals surface area contributed by atoms with E-state index in [9.17, 15) is 4.79 Å². The molecule has 0 bridgehead atoms. The van der Waals surface area contributed by atoms with Crippen LogP contribution in [0.5, 0.6) is 5.75 Å². The summed E-state index contributed by atoms with van der Waals surface area (Å²) in [6.07, 6.45) is 0. The highest BCUT2D eigenvalue weighted by Crippen LogP contribution is 2.25. The minimum atomic E-state index is -0.184. The molecule has 1 N–H and O–H groups in total. The molecular weight excluding hydrogens is 318 g/mol. The van der Waals surface area contributed by atoms with Crippen LogP contribution in [0.25, 0.3) is 0 Å². The Hall–Kier alpha value is -1.65. The van der Waals surface area contributed by atoms with E-state index >= 15 is 0 Å². The topological polar surface area (TPSA) is 38.3 Å². The number of carbonyl (C=O) groups excluding carboxylic acids is 1. The zero-order valence-electron chi connectivity index (χ0n) is 12.5. The molecule has 116 valence electrons. The van der Waals surface area contributed by atoms with Gasteiger partial charge in [0.1, 0.15) is 5.75 Å². The van der Waals surface area contributed by atoms with E-state index in [4.69, 9.17) is 16.3 Å². The molecule has 0 radical (unpaired) electrons. The quantitative estimate of drug-likeness (QED) is 0.806. The summed E-state index contributed by atoms with van der Waals surface area (Å²) in [6, 6.07) is 15.1. The van der Waals surface area contributed by atoms with Gasteiger partial charge in [0.15, 0.2) is 0 Å². The maximum atomic E-state index is 12.2. The van der Waals surface area contributed by atoms with Gasteiger partial charge in [-0.3, -0.25) is 4.79 Å². The minimum Gasteiger partial charge on any atom is -0.496 e. The van der Waals surface area contributed by atoms with Gasteiger partial charge in [-0.1, -0.05) is 29.8 Å². The van der Waals surface area contributed by atoms with Crippen LogP contribution in [0.3, 0.4) is 0 Å². The van der Waals surface area contributed by atoms with Crippen molar-refractivity contribution in [3.63, 3.8) is 0 Å². The molecule has 3 nitrogen and oxygen atoms in total. The third kappa shape index (κ3) is 4.68. The molecule has 0 aliphatic rings. The second kappa shape index (κ2) is 8.11. The summed E-state index contributed by atoms with van der Waals surface area (Å²) in [4.78, 5) is 13.2. The molecule has 0 spiro atoms. The molecule has 1 unspecified atom stereocenters. The Morgan fingerprint density at radius 2 is 1.91 bits per heavy atom. The Labute approximate surface area is 140 Å². The lowest BCUT2D eigenvalue weighted by molar-refractivity contribution is -0.120. The molecule has 0 saturated heterocycles. The van der Waals surface area contributed by atoms with Gasteiger partial charge in [-0.25, -0.2) is 0 Å². The highest BCUT2D eigenvalue weighted by atomic mass is 35.5. The molecule has 0 saturated carbocycles. The SMILES string of the molecule is COc1ccccc1CNC(=O)C(C)Sc1ccc(Cl)cc1. The Bertz CT molecular complexity index is 631. The van der Waals surface area contributed by atoms with Crippen LogP contribution in [0.15, 0.2) is 53.4 Å². The number of thioether (sulfide) groups is 1. The predicted molar refractivity (Wildman–Crippen MR) is 91.6 cm³/mol. The third-order valence-electron chi connectivity index (χ3n) is 3.14. The fraction of sp³-hybridized carbons (Fsp3) is 0.235. The van der Waals surface area contributed by atoms with Crippen LogP contribution in [-0.4, -0.2) is 18.3 Å². The number of ether oxygens (including phenoxy) is 1. The maximum Gasteiger partial charge on any atom is 0.233 e. The minimum absolute atomic E-state index is 0.00847. The summed E-state index contributed by atoms with van der Waals surface area (Å²) in [5.41, 5.74) is 0.960. The van der Waals surface area contributed by atoms with Crippen LogP contribution in [-0.2, 0) is 11.3 Å². The van der Waals surface area contributed by atoms with Crippen LogP contribution in [0.4, 0.5) is 0 Å². The van der Waals surface area contributed by atoms with E-state index in [1.807, 2.05) is 55.5 Å². The van der Waals surface area contributed by atoms with E-state index in [1.54, 1.807) is 7.11 Å². The second-order valence-corrected chi connectivity index (χ2v) is 6.59. The van der Waals surface area contributed by atoms with Crippen molar-refractivity contribution >= 4 is 29.3 Å². The Morgan fingerprint density at radius 3 is 2.59 bits per heavy atom. The molecule has 1 atom stereocenters. The first-order valence-corrected chi connectivity index (χ1v) is 8.17. The third-order valence-corrected chi connectivity index (χ3v) is 4.51. The fourth-order valence-electron chi connectivity index (χ4n) is 1.95. The van der Waals surface area contributed by atoms with Gasteiger partial charge in [0.2, 0.25) is 5.91 Å². The van der Waals surface area contributed by atoms with Crippen molar-refractivity contribution in [3.05, 3.63) is 59.1 Å². The molecule has 0 heterocycles. The number of para-hydroxylation sites is 1. The molecule has 0 aliphatic heterocycles. The summed E-state index contributed by atoms with van der Waals surface area (Å²) >= 11 is 7.36. The van der Waals surface area contributed by atoms with Crippen LogP contribution >= 0.6 is 23.4 Å². The average Bonchev–Trinajstić information content (AvgIpc) is 2.54. The smallest absolute Gasteiger partial charge is 0.233 e. The van der Waals surface area contributed by atoms with Gasteiger partial charge in [-0.15, -0.1) is 11.8 Å². The van der Waals surface area contributed by atoms with Crippen molar-refractivity contribution < 1.29 is 9.53 Å². The number of methoxy groups -OCH3 is 1. The lowest BCUT2D eigenvalue weighted by atomic mass is 10.2. The van der Waals surface area contributed by atoms with E-state index in [0.717, 1.165) is 16.2 Å². The van der Waals surface area contributed by atoms with Gasteiger partial charge in [0.25, 0.3) is 0 Å². The van der Waals surface area contributed by atoms with Gasteiger partial charge in [-0.05, 0) is 37.3 Å². The van der Waals surface area contributed by atoms with E-state index in [0.29, 0.717) is 11.6 Å². The van der Waals surface area contributed by atoms with Crippen molar-refractivity contribution in [2.75, 3.05) is 7.11 Å². The normalized spacial score (nSPS) is 11.8. The summed E-state index contributed by atoms with van der Waals surface area (Å²) in [5, 5.41) is 3.45. The molecule has 22 heavy (non-hydrogen) atoms. The second-order valence-electron chi connectivity index (χ2n) is 4.74. The number of hydrogen-bond donors (Lipinski definition) is 1. The lowest BCUT2D eigenvalue weighted by Gasteiger charge is -2.13. The first kappa shape index (κ1) is 16.7. The van der Waals surface area contributed by atoms with Crippen LogP contribution in [0.2, 0.25) is 5.02 Å². The van der Waals surface area contributed by atoms with Gasteiger partial charge in [0, 0.05) is 22.0 Å². The Kier molecular flexibility index (Phi) is 6.16. The van der Waals surface area contributed by atoms with Crippen LogP contribution < -0.4 is 10.1 Å². The van der Waals surface area contributed by atoms with Gasteiger partial charge in [-0.2, -0.15) is 0 Å². The van der Waals surface area contributed by atoms with E-state index in [-0.39, 0.29) is 11.2 Å². The zero-order chi connectivity index (χ0) is 15.9. The molecule has 2 aromatic rings. The maximum absolute atomic E-state index is 12.2. The fourth-order valence-corrected chi connectivity index (χ4v) is 2.96. The summed E-state index contributed by atoms with van der Waals surface area (Å²) in [7, 11) is 1.62. The standard InChI is InChI=1S/C17H18ClNO2S/c1-12(22-15-9-7-14(18)8-10-15)17(20)19-11-13-5-3-4-6-16(13)21-2/h3-10,12H,11H2,1-2H3,(H,19,20). The number of amides is 1. The first-order valence-electron chi connectivity index (χ1n) is 6.92. The van der Waals surface area contributed by atoms with Crippen LogP contribution in [0, 0.1) is 0 Å². The molecule has 0 fully saturated rings. The molecule has 5 heteroatoms. The number of carbonyl (C=O) groups is 1. The van der Waals surface area contributed by atoms with E-state index in [1.165, 1.54) is 11.8 Å². The number of rotatable bonds is 6. The Morgan fingerprint density at radius 1 is 1.23 bits per heavy atom. The van der Waals surface area contributed by atoms with Crippen molar-refractivity contribution in [2.24, 2.45) is 0 Å². The van der Waals surface area contributed by atoms with Gasteiger partial charge in [0.05, 0.1) is 12.4 Å². The van der Waals surface area contributed by atoms with Crippen molar-refractivity contribution in [2.45, 2.75) is 23.6 Å². The summed E-state index contributed by atoms with van der Waals surface area (Å²) < 4.78 is 5.28. The monoisotopic (exact) mass is 335 g/mol. The molecule has 0 aliphatic carbocycles. The van der Waals surface area contributed by atoms with Crippen molar-refractivity contribution in [1.82, 2.24) is 5.32 Å². The number of hydrogen-bond acceptors (Lipinski definition) is 3. The highest BCUT2D eigenvalue weighted by Gasteiger charge is 2.14. The van der Waals surface area contributed by atoms with Gasteiger partial charge < -0.3 is 10.1 Å². The van der Waals surface area contributed by atoms with E-state index < -0.39 is 0 Å². The summed E-state index contributed by atoms with van der Waals surface area (Å²) in [6.45, 7) is 2.34. The number of nitrogens with one attached hydrogen (secondary N) is 1. The number of halogens is 1. The van der Waals surface area contributed by atoms with Gasteiger partial charge >= 0.3 is 0 Å². The zero-order valence-corrected chi connectivity index (χ0v) is 14.1. The van der Waals surface area contributed by atoms with Crippen LogP contribution in [0.1, 0.15) is 12.5 Å². The molecule has 1 amide bonds. The molecule has 0 aromatic heterocycles. The van der Waals surface area contributed by atoms with Crippen molar-refractivity contribution in [3.8, 4) is 5.75 Å². The predicted octanol–water partition coefficient (Wildman–Crippen LogP) is 4.15. The molecular formula is C17H18ClNO2S.